The summed E-state index contributed by atoms with van der Waals surface area (Å²) >= 11 is 0. The van der Waals surface area contributed by atoms with Gasteiger partial charge in [0, 0.05) is 13.1 Å². The molecule has 31 heavy (non-hydrogen) atoms. The highest BCUT2D eigenvalue weighted by Gasteiger charge is 2.44. The first-order valence-electron chi connectivity index (χ1n) is 10.9. The Balaban J connectivity index is 1.45. The van der Waals surface area contributed by atoms with Crippen molar-refractivity contribution >= 4 is 0 Å². The minimum absolute atomic E-state index is 0.213. The lowest BCUT2D eigenvalue weighted by Gasteiger charge is -2.42. The fourth-order valence-corrected chi connectivity index (χ4v) is 5.11. The number of benzene rings is 3. The van der Waals surface area contributed by atoms with E-state index in [1.165, 1.54) is 5.56 Å². The molecule has 0 spiro atoms. The first-order chi connectivity index (χ1) is 15.3. The molecule has 1 saturated heterocycles. The minimum Gasteiger partial charge on any atom is -0.454 e. The Kier molecular flexibility index (Phi) is 5.36. The van der Waals surface area contributed by atoms with Gasteiger partial charge in [-0.3, -0.25) is 4.90 Å². The summed E-state index contributed by atoms with van der Waals surface area (Å²) < 4.78 is 11.0. The second-order valence-corrected chi connectivity index (χ2v) is 8.41. The van der Waals surface area contributed by atoms with Crippen molar-refractivity contribution in [2.45, 2.75) is 24.8 Å². The zero-order valence-corrected chi connectivity index (χ0v) is 17.5. The Hall–Kier alpha value is -3.29. The molecule has 0 radical (unpaired) electrons. The topological polar surface area (TPSA) is 45.5 Å². The van der Waals surface area contributed by atoms with Crippen LogP contribution in [0.5, 0.6) is 11.5 Å². The maximum absolute atomic E-state index is 10.6. The van der Waals surface area contributed by atoms with Crippen molar-refractivity contribution in [2.75, 3.05) is 19.9 Å². The lowest BCUT2D eigenvalue weighted by molar-refractivity contribution is 0.141. The molecule has 2 aliphatic heterocycles. The molecule has 0 aromatic heterocycles. The zero-order valence-electron chi connectivity index (χ0n) is 17.5. The highest BCUT2D eigenvalue weighted by molar-refractivity contribution is 5.47. The molecular weight excluding hydrogens is 384 g/mol. The van der Waals surface area contributed by atoms with Crippen LogP contribution in [-0.2, 0) is 12.0 Å². The van der Waals surface area contributed by atoms with Crippen molar-refractivity contribution in [1.29, 1.82) is 5.26 Å². The fourth-order valence-electron chi connectivity index (χ4n) is 5.11. The molecular formula is C27H26N2O2. The second-order valence-electron chi connectivity index (χ2n) is 8.41. The van der Waals surface area contributed by atoms with Crippen LogP contribution in [0.2, 0.25) is 0 Å². The average molecular weight is 411 g/mol. The van der Waals surface area contributed by atoms with Gasteiger partial charge in [-0.15, -0.1) is 0 Å². The molecule has 2 heterocycles. The van der Waals surface area contributed by atoms with Gasteiger partial charge in [0.2, 0.25) is 6.79 Å². The Labute approximate surface area is 183 Å². The molecule has 1 fully saturated rings. The van der Waals surface area contributed by atoms with E-state index in [0.29, 0.717) is 6.79 Å². The lowest BCUT2D eigenvalue weighted by atomic mass is 9.64. The molecule has 0 amide bonds. The van der Waals surface area contributed by atoms with E-state index < -0.39 is 5.41 Å². The molecule has 2 aliphatic rings. The van der Waals surface area contributed by atoms with Gasteiger partial charge in [-0.2, -0.15) is 5.26 Å². The Morgan fingerprint density at radius 2 is 1.58 bits per heavy atom. The van der Waals surface area contributed by atoms with Gasteiger partial charge in [0.15, 0.2) is 11.5 Å². The normalized spacial score (nSPS) is 18.5. The van der Waals surface area contributed by atoms with Crippen LogP contribution in [0.3, 0.4) is 0 Å². The van der Waals surface area contributed by atoms with Gasteiger partial charge in [0.25, 0.3) is 0 Å². The third-order valence-electron chi connectivity index (χ3n) is 6.60. The average Bonchev–Trinajstić information content (AvgIpc) is 3.30. The molecule has 0 bridgehead atoms. The quantitative estimate of drug-likeness (QED) is 0.584. The minimum atomic E-state index is -0.657. The van der Waals surface area contributed by atoms with Gasteiger partial charge in [-0.05, 0) is 54.1 Å². The molecule has 3 aromatic carbocycles. The summed E-state index contributed by atoms with van der Waals surface area (Å²) in [6, 6.07) is 29.6. The third-order valence-corrected chi connectivity index (χ3v) is 6.60. The number of likely N-dealkylation sites (tertiary alicyclic amines) is 1. The van der Waals surface area contributed by atoms with Gasteiger partial charge in [0.1, 0.15) is 5.41 Å². The van der Waals surface area contributed by atoms with E-state index in [4.69, 9.17) is 9.47 Å². The highest BCUT2D eigenvalue weighted by atomic mass is 16.7. The van der Waals surface area contributed by atoms with E-state index in [9.17, 15) is 5.26 Å². The van der Waals surface area contributed by atoms with Gasteiger partial charge in [-0.1, -0.05) is 66.7 Å². The monoisotopic (exact) mass is 410 g/mol. The highest BCUT2D eigenvalue weighted by Crippen LogP contribution is 2.43. The molecule has 4 nitrogen and oxygen atoms in total. The van der Waals surface area contributed by atoms with Crippen LogP contribution >= 0.6 is 0 Å². The molecule has 1 unspecified atom stereocenters. The van der Waals surface area contributed by atoms with E-state index in [1.807, 2.05) is 42.5 Å². The number of hydrogen-bond acceptors (Lipinski definition) is 4. The van der Waals surface area contributed by atoms with Crippen LogP contribution in [0.1, 0.15) is 29.5 Å². The number of ether oxygens (including phenoxy) is 2. The molecule has 0 N–H and O–H groups in total. The summed E-state index contributed by atoms with van der Waals surface area (Å²) in [5.41, 5.74) is 2.72. The van der Waals surface area contributed by atoms with Gasteiger partial charge in [0.05, 0.1) is 6.07 Å². The molecule has 0 aliphatic carbocycles. The maximum Gasteiger partial charge on any atom is 0.231 e. The molecule has 156 valence electrons. The molecule has 3 aromatic rings. The SMILES string of the molecule is N#CC(c1ccccc1)(c1ccccc1)C1CCCN(Cc2ccc3c(c2)OCO3)C1. The van der Waals surface area contributed by atoms with Gasteiger partial charge in [-0.25, -0.2) is 0 Å². The summed E-state index contributed by atoms with van der Waals surface area (Å²) in [5.74, 6) is 1.85. The second kappa shape index (κ2) is 8.45. The van der Waals surface area contributed by atoms with Crippen LogP contribution in [0.4, 0.5) is 0 Å². The van der Waals surface area contributed by atoms with Crippen LogP contribution in [0.15, 0.2) is 78.9 Å². The van der Waals surface area contributed by atoms with Crippen molar-refractivity contribution in [2.24, 2.45) is 5.92 Å². The van der Waals surface area contributed by atoms with Crippen molar-refractivity contribution in [1.82, 2.24) is 4.90 Å². The molecule has 0 saturated carbocycles. The fraction of sp³-hybridized carbons (Fsp3) is 0.296. The van der Waals surface area contributed by atoms with E-state index in [0.717, 1.165) is 55.1 Å². The van der Waals surface area contributed by atoms with Crippen molar-refractivity contribution in [3.63, 3.8) is 0 Å². The Bertz CT molecular complexity index is 1040. The van der Waals surface area contributed by atoms with Crippen molar-refractivity contribution in [3.05, 3.63) is 95.6 Å². The standard InChI is InChI=1S/C27H26N2O2/c28-19-27(22-8-3-1-4-9-22,23-10-5-2-6-11-23)24-12-7-15-29(18-24)17-21-13-14-25-26(16-21)31-20-30-25/h1-6,8-11,13-14,16,24H,7,12,15,17-18,20H2. The molecule has 5 rings (SSSR count). The summed E-state index contributed by atoms with van der Waals surface area (Å²) in [7, 11) is 0. The smallest absolute Gasteiger partial charge is 0.231 e. The summed E-state index contributed by atoms with van der Waals surface area (Å²) in [4.78, 5) is 2.48. The van der Waals surface area contributed by atoms with E-state index >= 15 is 0 Å². The number of piperidine rings is 1. The lowest BCUT2D eigenvalue weighted by Crippen LogP contribution is -2.45. The summed E-state index contributed by atoms with van der Waals surface area (Å²) in [6.07, 6.45) is 2.12. The first-order valence-corrected chi connectivity index (χ1v) is 10.9. The Morgan fingerprint density at radius 1 is 0.903 bits per heavy atom. The van der Waals surface area contributed by atoms with Crippen molar-refractivity contribution < 1.29 is 9.47 Å². The summed E-state index contributed by atoms with van der Waals surface area (Å²) in [6.45, 7) is 3.06. The van der Waals surface area contributed by atoms with E-state index in [-0.39, 0.29) is 5.92 Å². The molecule has 1 atom stereocenters. The van der Waals surface area contributed by atoms with Crippen molar-refractivity contribution in [3.8, 4) is 17.6 Å². The zero-order chi connectivity index (χ0) is 21.1. The van der Waals surface area contributed by atoms with Gasteiger partial charge < -0.3 is 9.47 Å². The summed E-state index contributed by atoms with van der Waals surface area (Å²) in [5, 5.41) is 10.6. The van der Waals surface area contributed by atoms with Crippen LogP contribution < -0.4 is 9.47 Å². The predicted octanol–water partition coefficient (Wildman–Crippen LogP) is 5.14. The molecule has 4 heteroatoms. The number of nitriles is 1. The number of hydrogen-bond donors (Lipinski definition) is 0. The van der Waals surface area contributed by atoms with Crippen LogP contribution in [0, 0.1) is 17.2 Å². The van der Waals surface area contributed by atoms with E-state index in [1.54, 1.807) is 0 Å². The number of fused-ring (bicyclic) bond motifs is 1. The third kappa shape index (κ3) is 3.66. The maximum atomic E-state index is 10.6. The number of nitrogens with zero attached hydrogens (tertiary/aromatic N) is 2. The van der Waals surface area contributed by atoms with Crippen LogP contribution in [-0.4, -0.2) is 24.8 Å². The largest absolute Gasteiger partial charge is 0.454 e. The first kappa shape index (κ1) is 19.7. The van der Waals surface area contributed by atoms with Gasteiger partial charge >= 0.3 is 0 Å². The van der Waals surface area contributed by atoms with E-state index in [2.05, 4.69) is 47.4 Å². The predicted molar refractivity (Wildman–Crippen MR) is 120 cm³/mol. The van der Waals surface area contributed by atoms with Crippen LogP contribution in [0.25, 0.3) is 0 Å². The number of rotatable bonds is 5. The Morgan fingerprint density at radius 3 is 2.26 bits per heavy atom.